The molecule has 3 rings (SSSR count). The highest BCUT2D eigenvalue weighted by atomic mass is 32.2. The van der Waals surface area contributed by atoms with Crippen LogP contribution in [-0.4, -0.2) is 26.4 Å². The van der Waals surface area contributed by atoms with Crippen molar-refractivity contribution in [3.8, 4) is 11.8 Å². The first-order valence-corrected chi connectivity index (χ1v) is 9.69. The fraction of sp³-hybridized carbons (Fsp3) is 0.250. The number of sulfonamides is 1. The zero-order chi connectivity index (χ0) is 18.7. The maximum absolute atomic E-state index is 13.2. The Morgan fingerprint density at radius 1 is 1.15 bits per heavy atom. The first-order chi connectivity index (χ1) is 12.5. The Balaban J connectivity index is 2.02. The van der Waals surface area contributed by atoms with Gasteiger partial charge in [0.1, 0.15) is 5.75 Å². The third-order valence-corrected chi connectivity index (χ3v) is 6.43. The van der Waals surface area contributed by atoms with E-state index in [-0.39, 0.29) is 17.5 Å². The van der Waals surface area contributed by atoms with E-state index in [1.54, 1.807) is 31.4 Å². The maximum Gasteiger partial charge on any atom is 0.243 e. The van der Waals surface area contributed by atoms with Gasteiger partial charge in [-0.2, -0.15) is 9.57 Å². The Hall–Kier alpha value is -2.62. The van der Waals surface area contributed by atoms with Crippen molar-refractivity contribution in [3.63, 3.8) is 0 Å². The summed E-state index contributed by atoms with van der Waals surface area (Å²) >= 11 is 0. The van der Waals surface area contributed by atoms with Gasteiger partial charge in [-0.3, -0.25) is 0 Å². The van der Waals surface area contributed by atoms with Crippen LogP contribution in [0.2, 0.25) is 0 Å². The smallest absolute Gasteiger partial charge is 0.243 e. The van der Waals surface area contributed by atoms with Gasteiger partial charge in [-0.15, -0.1) is 0 Å². The second-order valence-electron chi connectivity index (χ2n) is 6.29. The number of nitrogens with zero attached hydrogens (tertiary/aromatic N) is 2. The third-order valence-electron chi connectivity index (χ3n) is 4.56. The quantitative estimate of drug-likeness (QED) is 0.773. The van der Waals surface area contributed by atoms with E-state index in [0.717, 1.165) is 16.7 Å². The van der Waals surface area contributed by atoms with Crippen LogP contribution in [0.4, 0.5) is 0 Å². The van der Waals surface area contributed by atoms with Gasteiger partial charge in [0.2, 0.25) is 10.0 Å². The van der Waals surface area contributed by atoms with Crippen molar-refractivity contribution in [1.29, 1.82) is 5.26 Å². The van der Waals surface area contributed by atoms with Gasteiger partial charge in [0.25, 0.3) is 0 Å². The third kappa shape index (κ3) is 3.50. The van der Waals surface area contributed by atoms with E-state index in [2.05, 4.69) is 0 Å². The van der Waals surface area contributed by atoms with Crippen molar-refractivity contribution in [2.75, 3.05) is 13.7 Å². The Kier molecular flexibility index (Phi) is 5.12. The monoisotopic (exact) mass is 368 g/mol. The predicted octanol–water partition coefficient (Wildman–Crippen LogP) is 3.59. The summed E-state index contributed by atoms with van der Waals surface area (Å²) in [5.74, 6) is 0.715. The van der Waals surface area contributed by atoms with Crippen LogP contribution in [0.15, 0.2) is 65.1 Å². The van der Waals surface area contributed by atoms with Gasteiger partial charge in [0, 0.05) is 12.6 Å². The molecule has 2 aromatic carbocycles. The van der Waals surface area contributed by atoms with Crippen LogP contribution in [0.25, 0.3) is 0 Å². The average Bonchev–Trinajstić information content (AvgIpc) is 3.07. The fourth-order valence-electron chi connectivity index (χ4n) is 3.13. The van der Waals surface area contributed by atoms with E-state index in [0.29, 0.717) is 12.2 Å². The molecule has 1 aliphatic heterocycles. The largest absolute Gasteiger partial charge is 0.497 e. The Bertz CT molecular complexity index is 956. The van der Waals surface area contributed by atoms with Crippen LogP contribution in [0.3, 0.4) is 0 Å². The number of nitriles is 1. The molecule has 0 unspecified atom stereocenters. The van der Waals surface area contributed by atoms with Crippen molar-refractivity contribution >= 4 is 10.0 Å². The van der Waals surface area contributed by atoms with Crippen molar-refractivity contribution < 1.29 is 13.2 Å². The second-order valence-corrected chi connectivity index (χ2v) is 8.18. The van der Waals surface area contributed by atoms with Gasteiger partial charge in [-0.1, -0.05) is 29.8 Å². The first kappa shape index (κ1) is 18.2. The Labute approximate surface area is 154 Å². The highest BCUT2D eigenvalue weighted by Gasteiger charge is 2.38. The highest BCUT2D eigenvalue weighted by molar-refractivity contribution is 7.89. The van der Waals surface area contributed by atoms with Gasteiger partial charge in [0.05, 0.1) is 24.1 Å². The Morgan fingerprint density at radius 3 is 2.38 bits per heavy atom. The van der Waals surface area contributed by atoms with Crippen LogP contribution >= 0.6 is 0 Å². The number of methoxy groups -OCH3 is 1. The molecule has 0 aromatic heterocycles. The fourth-order valence-corrected chi connectivity index (χ4v) is 4.75. The van der Waals surface area contributed by atoms with E-state index in [1.807, 2.05) is 37.3 Å². The van der Waals surface area contributed by atoms with Crippen LogP contribution in [0.1, 0.15) is 23.6 Å². The number of hydrogen-bond donors (Lipinski definition) is 0. The summed E-state index contributed by atoms with van der Waals surface area (Å²) in [5.41, 5.74) is 2.69. The minimum Gasteiger partial charge on any atom is -0.497 e. The molecular weight excluding hydrogens is 348 g/mol. The van der Waals surface area contributed by atoms with Crippen LogP contribution in [0, 0.1) is 18.3 Å². The number of hydrogen-bond acceptors (Lipinski definition) is 4. The molecule has 0 saturated carbocycles. The topological polar surface area (TPSA) is 70.4 Å². The molecular formula is C20H20N2O3S. The van der Waals surface area contributed by atoms with Gasteiger partial charge in [0.15, 0.2) is 0 Å². The SMILES string of the molecule is COc1ccc([C@H]2C/C(=C/C#N)CN2S(=O)(=O)c2ccc(C)cc2)cc1. The molecule has 1 fully saturated rings. The molecule has 134 valence electrons. The predicted molar refractivity (Wildman–Crippen MR) is 99.1 cm³/mol. The lowest BCUT2D eigenvalue weighted by Crippen LogP contribution is -2.30. The van der Waals surface area contributed by atoms with E-state index in [4.69, 9.17) is 10.00 Å². The molecule has 0 amide bonds. The maximum atomic E-state index is 13.2. The number of benzene rings is 2. The molecule has 0 aliphatic carbocycles. The van der Waals surface area contributed by atoms with E-state index in [9.17, 15) is 8.42 Å². The zero-order valence-electron chi connectivity index (χ0n) is 14.7. The van der Waals surface area contributed by atoms with Gasteiger partial charge < -0.3 is 4.74 Å². The van der Waals surface area contributed by atoms with E-state index >= 15 is 0 Å². The van der Waals surface area contributed by atoms with Gasteiger partial charge >= 0.3 is 0 Å². The summed E-state index contributed by atoms with van der Waals surface area (Å²) in [6.07, 6.45) is 1.95. The summed E-state index contributed by atoms with van der Waals surface area (Å²) in [4.78, 5) is 0.264. The Morgan fingerprint density at radius 2 is 1.81 bits per heavy atom. The normalized spacial score (nSPS) is 19.4. The zero-order valence-corrected chi connectivity index (χ0v) is 15.5. The average molecular weight is 368 g/mol. The molecule has 1 aliphatic rings. The van der Waals surface area contributed by atoms with Crippen LogP contribution in [-0.2, 0) is 10.0 Å². The molecule has 0 N–H and O–H groups in total. The van der Waals surface area contributed by atoms with Crippen molar-refractivity contribution in [2.45, 2.75) is 24.3 Å². The summed E-state index contributed by atoms with van der Waals surface area (Å²) in [6, 6.07) is 15.9. The van der Waals surface area contributed by atoms with Crippen LogP contribution in [0.5, 0.6) is 5.75 Å². The standard InChI is InChI=1S/C20H20N2O3S/c1-15-3-9-19(10-4-15)26(23,24)22-14-16(11-12-21)13-20(22)17-5-7-18(25-2)8-6-17/h3-11,20H,13-14H2,1-2H3/b16-11-/t20-/m1/s1. The molecule has 0 radical (unpaired) electrons. The van der Waals surface area contributed by atoms with E-state index in [1.165, 1.54) is 10.4 Å². The summed E-state index contributed by atoms with van der Waals surface area (Å²) in [6.45, 7) is 2.14. The molecule has 6 heteroatoms. The molecule has 1 saturated heterocycles. The summed E-state index contributed by atoms with van der Waals surface area (Å²) in [5, 5.41) is 8.98. The number of allylic oxidation sites excluding steroid dienone is 1. The minimum absolute atomic E-state index is 0.223. The summed E-state index contributed by atoms with van der Waals surface area (Å²) in [7, 11) is -2.08. The molecule has 0 bridgehead atoms. The van der Waals surface area contributed by atoms with Crippen molar-refractivity contribution in [1.82, 2.24) is 4.31 Å². The van der Waals surface area contributed by atoms with Gasteiger partial charge in [-0.05, 0) is 48.7 Å². The lowest BCUT2D eigenvalue weighted by atomic mass is 10.0. The summed E-state index contributed by atoms with van der Waals surface area (Å²) < 4.78 is 33.0. The van der Waals surface area contributed by atoms with Crippen molar-refractivity contribution in [3.05, 3.63) is 71.3 Å². The number of rotatable bonds is 4. The lowest BCUT2D eigenvalue weighted by molar-refractivity contribution is 0.395. The highest BCUT2D eigenvalue weighted by Crippen LogP contribution is 2.39. The van der Waals surface area contributed by atoms with Crippen LogP contribution < -0.4 is 4.74 Å². The molecule has 2 aromatic rings. The van der Waals surface area contributed by atoms with Gasteiger partial charge in [-0.25, -0.2) is 8.42 Å². The minimum atomic E-state index is -3.67. The lowest BCUT2D eigenvalue weighted by Gasteiger charge is -2.24. The molecule has 0 spiro atoms. The molecule has 26 heavy (non-hydrogen) atoms. The number of ether oxygens (including phenoxy) is 1. The number of aryl methyl sites for hydroxylation is 1. The first-order valence-electron chi connectivity index (χ1n) is 8.25. The molecule has 1 heterocycles. The van der Waals surface area contributed by atoms with E-state index < -0.39 is 10.0 Å². The molecule has 5 nitrogen and oxygen atoms in total. The second kappa shape index (κ2) is 7.32. The molecule has 1 atom stereocenters. The van der Waals surface area contributed by atoms with Crippen molar-refractivity contribution in [2.24, 2.45) is 0 Å².